The fraction of sp³-hybridized carbons (Fsp3) is 0.188. The number of benzene rings is 2. The van der Waals surface area contributed by atoms with Crippen LogP contribution in [0.3, 0.4) is 0 Å². The lowest BCUT2D eigenvalue weighted by Gasteiger charge is -1.98. The number of ketones is 1. The summed E-state index contributed by atoms with van der Waals surface area (Å²) in [6.45, 7) is 1.54. The second kappa shape index (κ2) is 7.93. The first-order chi connectivity index (χ1) is 9.17. The summed E-state index contributed by atoms with van der Waals surface area (Å²) in [4.78, 5) is 10.8. The molecule has 0 N–H and O–H groups in total. The first-order valence-electron chi connectivity index (χ1n) is 5.91. The topological polar surface area (TPSA) is 35.5 Å². The van der Waals surface area contributed by atoms with Gasteiger partial charge in [0.2, 0.25) is 0 Å². The molecule has 0 aliphatic rings. The van der Waals surface area contributed by atoms with Crippen molar-refractivity contribution in [3.05, 3.63) is 60.2 Å². The van der Waals surface area contributed by atoms with E-state index in [1.54, 1.807) is 45.4 Å². The summed E-state index contributed by atoms with van der Waals surface area (Å²) in [5, 5.41) is 0. The molecular formula is C16H18O3. The average Bonchev–Trinajstić information content (AvgIpc) is 2.48. The zero-order chi connectivity index (χ0) is 14.1. The van der Waals surface area contributed by atoms with E-state index >= 15 is 0 Å². The Kier molecular flexibility index (Phi) is 6.16. The van der Waals surface area contributed by atoms with Crippen LogP contribution in [0.15, 0.2) is 54.6 Å². The number of hydrogen-bond donors (Lipinski definition) is 0. The molecule has 0 saturated carbocycles. The van der Waals surface area contributed by atoms with Crippen LogP contribution in [0.4, 0.5) is 0 Å². The van der Waals surface area contributed by atoms with Crippen LogP contribution >= 0.6 is 0 Å². The molecule has 2 aromatic rings. The first-order valence-corrected chi connectivity index (χ1v) is 5.91. The van der Waals surface area contributed by atoms with Crippen LogP contribution in [0.5, 0.6) is 11.5 Å². The molecule has 19 heavy (non-hydrogen) atoms. The molecule has 0 fully saturated rings. The number of para-hydroxylation sites is 1. The molecule has 0 heterocycles. The molecular weight excluding hydrogens is 240 g/mol. The molecule has 100 valence electrons. The van der Waals surface area contributed by atoms with E-state index in [4.69, 9.17) is 9.47 Å². The third-order valence-corrected chi connectivity index (χ3v) is 2.48. The highest BCUT2D eigenvalue weighted by atomic mass is 16.5. The highest BCUT2D eigenvalue weighted by molar-refractivity contribution is 5.94. The van der Waals surface area contributed by atoms with Gasteiger partial charge in [-0.05, 0) is 43.3 Å². The van der Waals surface area contributed by atoms with E-state index < -0.39 is 0 Å². The van der Waals surface area contributed by atoms with Gasteiger partial charge < -0.3 is 9.47 Å². The molecule has 2 rings (SSSR count). The van der Waals surface area contributed by atoms with Gasteiger partial charge in [0.05, 0.1) is 14.2 Å². The summed E-state index contributed by atoms with van der Waals surface area (Å²) in [5.41, 5.74) is 0.714. The summed E-state index contributed by atoms with van der Waals surface area (Å²) in [7, 11) is 3.26. The highest BCUT2D eigenvalue weighted by Gasteiger charge is 1.97. The van der Waals surface area contributed by atoms with Gasteiger partial charge >= 0.3 is 0 Å². The number of carbonyl (C=O) groups excluding carboxylic acids is 1. The predicted molar refractivity (Wildman–Crippen MR) is 76.0 cm³/mol. The monoisotopic (exact) mass is 258 g/mol. The van der Waals surface area contributed by atoms with Crippen molar-refractivity contribution in [3.8, 4) is 11.5 Å². The van der Waals surface area contributed by atoms with Gasteiger partial charge in [0, 0.05) is 5.56 Å². The Morgan fingerprint density at radius 1 is 0.789 bits per heavy atom. The zero-order valence-electron chi connectivity index (χ0n) is 11.4. The molecule has 0 radical (unpaired) electrons. The molecule has 0 aliphatic heterocycles. The van der Waals surface area contributed by atoms with E-state index in [9.17, 15) is 4.79 Å². The summed E-state index contributed by atoms with van der Waals surface area (Å²) in [5.74, 6) is 1.76. The number of hydrogen-bond acceptors (Lipinski definition) is 3. The lowest BCUT2D eigenvalue weighted by Crippen LogP contribution is -1.91. The molecule has 3 heteroatoms. The molecule has 0 aromatic heterocycles. The van der Waals surface area contributed by atoms with E-state index in [-0.39, 0.29) is 5.78 Å². The molecule has 0 bridgehead atoms. The van der Waals surface area contributed by atoms with Gasteiger partial charge in [0.1, 0.15) is 11.5 Å². The van der Waals surface area contributed by atoms with Crippen molar-refractivity contribution in [1.29, 1.82) is 0 Å². The molecule has 0 amide bonds. The largest absolute Gasteiger partial charge is 0.497 e. The maximum atomic E-state index is 10.8. The van der Waals surface area contributed by atoms with Crippen LogP contribution in [-0.4, -0.2) is 20.0 Å². The predicted octanol–water partition coefficient (Wildman–Crippen LogP) is 3.59. The third-order valence-electron chi connectivity index (χ3n) is 2.48. The fourth-order valence-electron chi connectivity index (χ4n) is 1.38. The number of Topliss-reactive ketones (excluding diaryl/α,β-unsaturated/α-hetero) is 1. The average molecular weight is 258 g/mol. The Bertz CT molecular complexity index is 489. The lowest BCUT2D eigenvalue weighted by atomic mass is 10.1. The van der Waals surface area contributed by atoms with Crippen LogP contribution in [0, 0.1) is 0 Å². The number of methoxy groups -OCH3 is 2. The molecule has 3 nitrogen and oxygen atoms in total. The van der Waals surface area contributed by atoms with Crippen molar-refractivity contribution in [1.82, 2.24) is 0 Å². The Labute approximate surface area is 113 Å². The zero-order valence-corrected chi connectivity index (χ0v) is 11.4. The minimum absolute atomic E-state index is 0.0765. The standard InChI is InChI=1S/C9H10O2.C7H8O/c1-7(10)8-3-5-9(11-2)6-4-8;1-8-7-5-3-2-4-6-7/h3-6H,1-2H3;2-6H,1H3. The maximum Gasteiger partial charge on any atom is 0.159 e. The minimum Gasteiger partial charge on any atom is -0.497 e. The lowest BCUT2D eigenvalue weighted by molar-refractivity contribution is 0.101. The molecule has 0 aliphatic carbocycles. The summed E-state index contributed by atoms with van der Waals surface area (Å²) < 4.78 is 9.85. The second-order valence-electron chi connectivity index (χ2n) is 3.80. The van der Waals surface area contributed by atoms with Crippen molar-refractivity contribution >= 4 is 5.78 Å². The van der Waals surface area contributed by atoms with E-state index in [0.29, 0.717) is 5.56 Å². The van der Waals surface area contributed by atoms with Crippen LogP contribution in [0.25, 0.3) is 0 Å². The maximum absolute atomic E-state index is 10.8. The van der Waals surface area contributed by atoms with E-state index in [0.717, 1.165) is 11.5 Å². The fourth-order valence-corrected chi connectivity index (χ4v) is 1.38. The molecule has 0 atom stereocenters. The van der Waals surface area contributed by atoms with E-state index in [2.05, 4.69) is 0 Å². The normalized spacial score (nSPS) is 9.00. The smallest absolute Gasteiger partial charge is 0.159 e. The van der Waals surface area contributed by atoms with Crippen LogP contribution in [-0.2, 0) is 0 Å². The number of ether oxygens (including phenoxy) is 2. The third kappa shape index (κ3) is 5.25. The van der Waals surface area contributed by atoms with Gasteiger partial charge in [0.25, 0.3) is 0 Å². The Hall–Kier alpha value is -2.29. The quantitative estimate of drug-likeness (QED) is 0.789. The molecule has 0 saturated heterocycles. The highest BCUT2D eigenvalue weighted by Crippen LogP contribution is 2.11. The van der Waals surface area contributed by atoms with Crippen LogP contribution in [0.2, 0.25) is 0 Å². The van der Waals surface area contributed by atoms with E-state index in [1.165, 1.54) is 0 Å². The summed E-state index contributed by atoms with van der Waals surface area (Å²) >= 11 is 0. The second-order valence-corrected chi connectivity index (χ2v) is 3.80. The van der Waals surface area contributed by atoms with Crippen molar-refractivity contribution in [3.63, 3.8) is 0 Å². The molecule has 0 spiro atoms. The van der Waals surface area contributed by atoms with Crippen LogP contribution in [0.1, 0.15) is 17.3 Å². The Morgan fingerprint density at radius 3 is 1.63 bits per heavy atom. The minimum atomic E-state index is 0.0765. The number of rotatable bonds is 3. The molecule has 2 aromatic carbocycles. The van der Waals surface area contributed by atoms with Crippen molar-refractivity contribution in [2.24, 2.45) is 0 Å². The van der Waals surface area contributed by atoms with Gasteiger partial charge in [-0.15, -0.1) is 0 Å². The molecule has 0 unspecified atom stereocenters. The van der Waals surface area contributed by atoms with Gasteiger partial charge in [-0.1, -0.05) is 18.2 Å². The van der Waals surface area contributed by atoms with Crippen LogP contribution < -0.4 is 9.47 Å². The van der Waals surface area contributed by atoms with Crippen molar-refractivity contribution in [2.75, 3.05) is 14.2 Å². The van der Waals surface area contributed by atoms with E-state index in [1.807, 2.05) is 30.3 Å². The van der Waals surface area contributed by atoms with Gasteiger partial charge in [-0.25, -0.2) is 0 Å². The van der Waals surface area contributed by atoms with Crippen molar-refractivity contribution in [2.45, 2.75) is 6.92 Å². The number of carbonyl (C=O) groups is 1. The Balaban J connectivity index is 0.000000200. The van der Waals surface area contributed by atoms with Gasteiger partial charge in [0.15, 0.2) is 5.78 Å². The van der Waals surface area contributed by atoms with Gasteiger partial charge in [-0.2, -0.15) is 0 Å². The SMILES string of the molecule is COc1ccc(C(C)=O)cc1.COc1ccccc1. The van der Waals surface area contributed by atoms with Gasteiger partial charge in [-0.3, -0.25) is 4.79 Å². The Morgan fingerprint density at radius 2 is 1.26 bits per heavy atom. The first kappa shape index (κ1) is 14.8. The summed E-state index contributed by atoms with van der Waals surface area (Å²) in [6.07, 6.45) is 0. The van der Waals surface area contributed by atoms with Crippen molar-refractivity contribution < 1.29 is 14.3 Å². The summed E-state index contributed by atoms with van der Waals surface area (Å²) in [6, 6.07) is 16.7.